The largest absolute Gasteiger partial charge is 0.449 e. The van der Waals surface area contributed by atoms with Crippen molar-refractivity contribution < 1.29 is 14.3 Å². The van der Waals surface area contributed by atoms with Crippen molar-refractivity contribution in [2.45, 2.75) is 32.8 Å². The summed E-state index contributed by atoms with van der Waals surface area (Å²) in [5.74, 6) is -0.462. The number of rotatable bonds is 6. The number of carbonyl (C=O) groups is 2. The van der Waals surface area contributed by atoms with Crippen LogP contribution in [0.5, 0.6) is 0 Å². The van der Waals surface area contributed by atoms with Crippen molar-refractivity contribution in [2.75, 3.05) is 5.32 Å². The minimum Gasteiger partial charge on any atom is -0.449 e. The number of nitrogens with one attached hydrogen (secondary N) is 1. The zero-order valence-corrected chi connectivity index (χ0v) is 14.8. The van der Waals surface area contributed by atoms with Crippen LogP contribution >= 0.6 is 11.3 Å². The average Bonchev–Trinajstić information content (AvgIpc) is 3.06. The molecule has 126 valence electrons. The number of amides is 1. The summed E-state index contributed by atoms with van der Waals surface area (Å²) < 4.78 is 5.11. The number of hydrogen-bond acceptors (Lipinski definition) is 4. The lowest BCUT2D eigenvalue weighted by atomic mass is 10.0. The Labute approximate surface area is 146 Å². The molecule has 1 aromatic heterocycles. The maximum absolute atomic E-state index is 12.1. The van der Waals surface area contributed by atoms with E-state index in [1.54, 1.807) is 13.0 Å². The SMILES string of the molecule is CC(C)c1ccc(NC(=O)[C@@H](C)OC(=O)/C=C/c2cccs2)cc1. The lowest BCUT2D eigenvalue weighted by Gasteiger charge is -2.13. The highest BCUT2D eigenvalue weighted by atomic mass is 32.1. The van der Waals surface area contributed by atoms with Crippen molar-refractivity contribution >= 4 is 35.0 Å². The van der Waals surface area contributed by atoms with Crippen molar-refractivity contribution in [2.24, 2.45) is 0 Å². The molecular formula is C19H21NO3S. The minimum absolute atomic E-state index is 0.356. The van der Waals surface area contributed by atoms with E-state index in [1.807, 2.05) is 41.8 Å². The van der Waals surface area contributed by atoms with Crippen LogP contribution in [0.25, 0.3) is 6.08 Å². The van der Waals surface area contributed by atoms with Crippen molar-refractivity contribution in [3.8, 4) is 0 Å². The molecule has 0 unspecified atom stereocenters. The summed E-state index contributed by atoms with van der Waals surface area (Å²) in [6, 6.07) is 11.4. The number of carbonyl (C=O) groups excluding carboxylic acids is 2. The summed E-state index contributed by atoms with van der Waals surface area (Å²) in [6.45, 7) is 5.77. The van der Waals surface area contributed by atoms with E-state index in [9.17, 15) is 9.59 Å². The quantitative estimate of drug-likeness (QED) is 0.622. The summed E-state index contributed by atoms with van der Waals surface area (Å²) >= 11 is 1.52. The smallest absolute Gasteiger partial charge is 0.331 e. The molecule has 24 heavy (non-hydrogen) atoms. The number of thiophene rings is 1. The van der Waals surface area contributed by atoms with Gasteiger partial charge in [0.25, 0.3) is 5.91 Å². The lowest BCUT2D eigenvalue weighted by molar-refractivity contribution is -0.148. The van der Waals surface area contributed by atoms with Gasteiger partial charge in [0.2, 0.25) is 0 Å². The minimum atomic E-state index is -0.865. The Bertz CT molecular complexity index is 703. The molecule has 0 aliphatic heterocycles. The summed E-state index contributed by atoms with van der Waals surface area (Å²) in [6.07, 6.45) is 2.13. The fourth-order valence-corrected chi connectivity index (χ4v) is 2.62. The molecule has 2 aromatic rings. The first kappa shape index (κ1) is 17.9. The monoisotopic (exact) mass is 343 g/mol. The van der Waals surface area contributed by atoms with Crippen LogP contribution in [-0.2, 0) is 14.3 Å². The molecule has 1 aromatic carbocycles. The molecule has 0 bridgehead atoms. The van der Waals surface area contributed by atoms with E-state index in [0.717, 1.165) is 4.88 Å². The van der Waals surface area contributed by atoms with Crippen molar-refractivity contribution in [1.29, 1.82) is 0 Å². The molecule has 0 saturated carbocycles. The van der Waals surface area contributed by atoms with Gasteiger partial charge in [-0.15, -0.1) is 11.3 Å². The molecule has 4 nitrogen and oxygen atoms in total. The Kier molecular flexibility index (Phi) is 6.32. The van der Waals surface area contributed by atoms with Gasteiger partial charge in [-0.1, -0.05) is 32.0 Å². The van der Waals surface area contributed by atoms with Crippen LogP contribution in [0.3, 0.4) is 0 Å². The van der Waals surface area contributed by atoms with Crippen molar-refractivity contribution in [3.05, 3.63) is 58.3 Å². The Morgan fingerprint density at radius 1 is 1.12 bits per heavy atom. The Hall–Kier alpha value is -2.40. The van der Waals surface area contributed by atoms with Crippen molar-refractivity contribution in [3.63, 3.8) is 0 Å². The molecule has 2 rings (SSSR count). The van der Waals surface area contributed by atoms with Gasteiger partial charge in [0.15, 0.2) is 6.10 Å². The fourth-order valence-electron chi connectivity index (χ4n) is 2.00. The van der Waals surface area contributed by atoms with E-state index in [1.165, 1.54) is 23.0 Å². The average molecular weight is 343 g/mol. The molecule has 1 N–H and O–H groups in total. The summed E-state index contributed by atoms with van der Waals surface area (Å²) in [5, 5.41) is 4.67. The molecule has 0 saturated heterocycles. The van der Waals surface area contributed by atoms with Crippen molar-refractivity contribution in [1.82, 2.24) is 0 Å². The zero-order chi connectivity index (χ0) is 17.5. The van der Waals surface area contributed by atoms with Gasteiger partial charge < -0.3 is 10.1 Å². The van der Waals surface area contributed by atoms with Crippen LogP contribution < -0.4 is 5.32 Å². The number of ether oxygens (including phenoxy) is 1. The first-order chi connectivity index (χ1) is 11.5. The Balaban J connectivity index is 1.86. The second kappa shape index (κ2) is 8.45. The van der Waals surface area contributed by atoms with Gasteiger partial charge >= 0.3 is 5.97 Å². The van der Waals surface area contributed by atoms with Gasteiger partial charge in [0.05, 0.1) is 0 Å². The van der Waals surface area contributed by atoms with Crippen LogP contribution in [0, 0.1) is 0 Å². The van der Waals surface area contributed by atoms with Gasteiger partial charge in [-0.05, 0) is 48.1 Å². The van der Waals surface area contributed by atoms with Gasteiger partial charge in [-0.3, -0.25) is 4.79 Å². The predicted molar refractivity (Wildman–Crippen MR) is 98.1 cm³/mol. The van der Waals surface area contributed by atoms with E-state index in [-0.39, 0.29) is 5.91 Å². The molecule has 1 atom stereocenters. The highest BCUT2D eigenvalue weighted by molar-refractivity contribution is 7.10. The normalized spacial score (nSPS) is 12.3. The van der Waals surface area contributed by atoms with E-state index < -0.39 is 12.1 Å². The standard InChI is InChI=1S/C19H21NO3S/c1-13(2)15-6-8-16(9-7-15)20-19(22)14(3)23-18(21)11-10-17-5-4-12-24-17/h4-14H,1-3H3,(H,20,22)/b11-10+/t14-/m1/s1. The first-order valence-electron chi connectivity index (χ1n) is 7.78. The maximum atomic E-state index is 12.1. The van der Waals surface area contributed by atoms with Crippen LogP contribution in [0.15, 0.2) is 47.9 Å². The molecule has 1 amide bonds. The number of benzene rings is 1. The summed E-state index contributed by atoms with van der Waals surface area (Å²) in [4.78, 5) is 24.8. The highest BCUT2D eigenvalue weighted by Crippen LogP contribution is 2.17. The van der Waals surface area contributed by atoms with Gasteiger partial charge in [0.1, 0.15) is 0 Å². The van der Waals surface area contributed by atoms with Gasteiger partial charge in [-0.2, -0.15) is 0 Å². The lowest BCUT2D eigenvalue weighted by Crippen LogP contribution is -2.29. The second-order valence-electron chi connectivity index (χ2n) is 5.69. The molecule has 0 radical (unpaired) electrons. The van der Waals surface area contributed by atoms with Crippen LogP contribution in [0.4, 0.5) is 5.69 Å². The number of esters is 1. The van der Waals surface area contributed by atoms with Crippen LogP contribution in [0.1, 0.15) is 37.1 Å². The van der Waals surface area contributed by atoms with Crippen LogP contribution in [0.2, 0.25) is 0 Å². The number of hydrogen-bond donors (Lipinski definition) is 1. The second-order valence-corrected chi connectivity index (χ2v) is 6.67. The fraction of sp³-hybridized carbons (Fsp3) is 0.263. The topological polar surface area (TPSA) is 55.4 Å². The summed E-state index contributed by atoms with van der Waals surface area (Å²) in [5.41, 5.74) is 1.88. The molecule has 0 aliphatic rings. The zero-order valence-electron chi connectivity index (χ0n) is 14.0. The Morgan fingerprint density at radius 2 is 1.83 bits per heavy atom. The molecule has 0 fully saturated rings. The highest BCUT2D eigenvalue weighted by Gasteiger charge is 2.16. The number of anilines is 1. The first-order valence-corrected chi connectivity index (χ1v) is 8.66. The Morgan fingerprint density at radius 3 is 2.42 bits per heavy atom. The molecule has 0 spiro atoms. The maximum Gasteiger partial charge on any atom is 0.331 e. The van der Waals surface area contributed by atoms with E-state index in [2.05, 4.69) is 19.2 Å². The van der Waals surface area contributed by atoms with E-state index >= 15 is 0 Å². The molecular weight excluding hydrogens is 322 g/mol. The van der Waals surface area contributed by atoms with E-state index in [0.29, 0.717) is 11.6 Å². The van der Waals surface area contributed by atoms with E-state index in [4.69, 9.17) is 4.74 Å². The third kappa shape index (κ3) is 5.35. The predicted octanol–water partition coefficient (Wildman–Crippen LogP) is 4.46. The van der Waals surface area contributed by atoms with Crippen LogP contribution in [-0.4, -0.2) is 18.0 Å². The van der Waals surface area contributed by atoms with Gasteiger partial charge in [0, 0.05) is 16.6 Å². The molecule has 0 aliphatic carbocycles. The molecule has 1 heterocycles. The van der Waals surface area contributed by atoms with Gasteiger partial charge in [-0.25, -0.2) is 4.79 Å². The third-order valence-electron chi connectivity index (χ3n) is 3.43. The molecule has 5 heteroatoms. The third-order valence-corrected chi connectivity index (χ3v) is 4.27. The summed E-state index contributed by atoms with van der Waals surface area (Å²) in [7, 11) is 0.